The lowest BCUT2D eigenvalue weighted by Crippen LogP contribution is -2.32. The SMILES string of the molecule is Cc1ccc(N2CCCCCS2(=O)=O)cc1. The van der Waals surface area contributed by atoms with Gasteiger partial charge >= 0.3 is 0 Å². The first-order chi connectivity index (χ1) is 7.59. The molecule has 16 heavy (non-hydrogen) atoms. The molecule has 3 nitrogen and oxygen atoms in total. The van der Waals surface area contributed by atoms with Crippen LogP contribution in [0.2, 0.25) is 0 Å². The normalized spacial score (nSPS) is 20.4. The van der Waals surface area contributed by atoms with Crippen LogP contribution < -0.4 is 4.31 Å². The van der Waals surface area contributed by atoms with Gasteiger partial charge in [-0.3, -0.25) is 4.31 Å². The molecule has 1 saturated heterocycles. The van der Waals surface area contributed by atoms with Gasteiger partial charge in [0.2, 0.25) is 10.0 Å². The second-order valence-electron chi connectivity index (χ2n) is 4.28. The fourth-order valence-corrected chi connectivity index (χ4v) is 3.61. The summed E-state index contributed by atoms with van der Waals surface area (Å²) in [6.45, 7) is 2.62. The molecule has 1 heterocycles. The molecule has 0 amide bonds. The minimum absolute atomic E-state index is 0.279. The van der Waals surface area contributed by atoms with Gasteiger partial charge in [0, 0.05) is 6.54 Å². The molecule has 0 N–H and O–H groups in total. The van der Waals surface area contributed by atoms with Gasteiger partial charge in [-0.15, -0.1) is 0 Å². The Hall–Kier alpha value is -1.03. The van der Waals surface area contributed by atoms with Crippen molar-refractivity contribution in [3.63, 3.8) is 0 Å². The Kier molecular flexibility index (Phi) is 3.19. The molecule has 4 heteroatoms. The molecule has 2 rings (SSSR count). The lowest BCUT2D eigenvalue weighted by Gasteiger charge is -2.22. The molecule has 0 spiro atoms. The number of anilines is 1. The average Bonchev–Trinajstić information content (AvgIpc) is 2.41. The molecule has 0 saturated carbocycles. The van der Waals surface area contributed by atoms with Crippen LogP contribution in [0.25, 0.3) is 0 Å². The van der Waals surface area contributed by atoms with Crippen LogP contribution in [0.1, 0.15) is 24.8 Å². The monoisotopic (exact) mass is 239 g/mol. The van der Waals surface area contributed by atoms with Crippen LogP contribution >= 0.6 is 0 Å². The van der Waals surface area contributed by atoms with Crippen LogP contribution in [0.15, 0.2) is 24.3 Å². The van der Waals surface area contributed by atoms with Gasteiger partial charge < -0.3 is 0 Å². The van der Waals surface area contributed by atoms with Crippen molar-refractivity contribution in [3.8, 4) is 0 Å². The Labute approximate surface area is 97.1 Å². The van der Waals surface area contributed by atoms with Gasteiger partial charge in [0.1, 0.15) is 0 Å². The molecule has 1 aliphatic rings. The summed E-state index contributed by atoms with van der Waals surface area (Å²) in [7, 11) is -3.09. The number of aryl methyl sites for hydroxylation is 1. The van der Waals surface area contributed by atoms with Gasteiger partial charge in [-0.1, -0.05) is 24.1 Å². The smallest absolute Gasteiger partial charge is 0.235 e. The zero-order valence-corrected chi connectivity index (χ0v) is 10.3. The van der Waals surface area contributed by atoms with Crippen molar-refractivity contribution in [3.05, 3.63) is 29.8 Å². The summed E-state index contributed by atoms with van der Waals surface area (Å²) in [4.78, 5) is 0. The maximum absolute atomic E-state index is 12.0. The van der Waals surface area contributed by atoms with Gasteiger partial charge in [0.05, 0.1) is 11.4 Å². The summed E-state index contributed by atoms with van der Waals surface area (Å²) in [5.74, 6) is 0.279. The van der Waals surface area contributed by atoms with E-state index in [4.69, 9.17) is 0 Å². The zero-order valence-electron chi connectivity index (χ0n) is 9.52. The number of sulfonamides is 1. The summed E-state index contributed by atoms with van der Waals surface area (Å²) in [6, 6.07) is 7.68. The van der Waals surface area contributed by atoms with E-state index in [1.54, 1.807) is 4.31 Å². The summed E-state index contributed by atoms with van der Waals surface area (Å²) < 4.78 is 25.6. The molecular weight excluding hydrogens is 222 g/mol. The Morgan fingerprint density at radius 2 is 1.75 bits per heavy atom. The number of hydrogen-bond donors (Lipinski definition) is 0. The molecule has 1 aromatic carbocycles. The van der Waals surface area contributed by atoms with Crippen LogP contribution in [0.5, 0.6) is 0 Å². The molecule has 0 aromatic heterocycles. The van der Waals surface area contributed by atoms with Crippen molar-refractivity contribution in [1.82, 2.24) is 0 Å². The summed E-state index contributed by atoms with van der Waals surface area (Å²) in [5.41, 5.74) is 1.95. The van der Waals surface area contributed by atoms with Crippen molar-refractivity contribution in [2.75, 3.05) is 16.6 Å². The predicted octanol–water partition coefficient (Wildman–Crippen LogP) is 2.32. The van der Waals surface area contributed by atoms with E-state index in [2.05, 4.69) is 0 Å². The molecule has 0 unspecified atom stereocenters. The van der Waals surface area contributed by atoms with E-state index in [1.807, 2.05) is 31.2 Å². The minimum atomic E-state index is -3.09. The third-order valence-electron chi connectivity index (χ3n) is 2.92. The Balaban J connectivity index is 2.33. The predicted molar refractivity (Wildman–Crippen MR) is 66.2 cm³/mol. The summed E-state index contributed by atoms with van der Waals surface area (Å²) >= 11 is 0. The van der Waals surface area contributed by atoms with Gasteiger partial charge in [-0.05, 0) is 31.9 Å². The second-order valence-corrected chi connectivity index (χ2v) is 6.30. The van der Waals surface area contributed by atoms with Crippen molar-refractivity contribution >= 4 is 15.7 Å². The van der Waals surface area contributed by atoms with Crippen LogP contribution in [0.4, 0.5) is 5.69 Å². The molecule has 1 aromatic rings. The highest BCUT2D eigenvalue weighted by atomic mass is 32.2. The van der Waals surface area contributed by atoms with Crippen LogP contribution in [0, 0.1) is 6.92 Å². The van der Waals surface area contributed by atoms with E-state index < -0.39 is 10.0 Å². The van der Waals surface area contributed by atoms with Crippen LogP contribution in [-0.2, 0) is 10.0 Å². The van der Waals surface area contributed by atoms with Crippen LogP contribution in [-0.4, -0.2) is 20.7 Å². The van der Waals surface area contributed by atoms with Crippen molar-refractivity contribution in [1.29, 1.82) is 0 Å². The first-order valence-corrected chi connectivity index (χ1v) is 7.27. The lowest BCUT2D eigenvalue weighted by atomic mass is 10.2. The quantitative estimate of drug-likeness (QED) is 0.754. The number of hydrogen-bond acceptors (Lipinski definition) is 2. The molecule has 0 aliphatic carbocycles. The molecule has 1 aliphatic heterocycles. The lowest BCUT2D eigenvalue weighted by molar-refractivity contribution is 0.593. The standard InChI is InChI=1S/C12H17NO2S/c1-11-5-7-12(8-6-11)13-9-3-2-4-10-16(13,14)15/h5-8H,2-4,9-10H2,1H3. The van der Waals surface area contributed by atoms with Crippen molar-refractivity contribution in [2.45, 2.75) is 26.2 Å². The van der Waals surface area contributed by atoms with E-state index >= 15 is 0 Å². The first kappa shape index (κ1) is 11.5. The van der Waals surface area contributed by atoms with Gasteiger partial charge in [0.15, 0.2) is 0 Å². The van der Waals surface area contributed by atoms with E-state index in [9.17, 15) is 8.42 Å². The van der Waals surface area contributed by atoms with E-state index in [1.165, 1.54) is 0 Å². The Morgan fingerprint density at radius 3 is 2.44 bits per heavy atom. The van der Waals surface area contributed by atoms with E-state index in [-0.39, 0.29) is 5.75 Å². The maximum atomic E-state index is 12.0. The molecule has 0 atom stereocenters. The Morgan fingerprint density at radius 1 is 1.06 bits per heavy atom. The molecular formula is C12H17NO2S. The highest BCUT2D eigenvalue weighted by Crippen LogP contribution is 2.23. The van der Waals surface area contributed by atoms with Crippen molar-refractivity contribution in [2.24, 2.45) is 0 Å². The van der Waals surface area contributed by atoms with E-state index in [0.29, 0.717) is 6.54 Å². The zero-order chi connectivity index (χ0) is 11.6. The minimum Gasteiger partial charge on any atom is -0.270 e. The second kappa shape index (κ2) is 4.45. The number of benzene rings is 1. The largest absolute Gasteiger partial charge is 0.270 e. The summed E-state index contributed by atoms with van der Waals surface area (Å²) in [5, 5.41) is 0. The topological polar surface area (TPSA) is 37.4 Å². The molecule has 0 bridgehead atoms. The molecule has 1 fully saturated rings. The highest BCUT2D eigenvalue weighted by Gasteiger charge is 2.24. The number of nitrogens with zero attached hydrogens (tertiary/aromatic N) is 1. The molecule has 0 radical (unpaired) electrons. The number of rotatable bonds is 1. The Bertz CT molecular complexity index is 450. The maximum Gasteiger partial charge on any atom is 0.235 e. The highest BCUT2D eigenvalue weighted by molar-refractivity contribution is 7.92. The van der Waals surface area contributed by atoms with E-state index in [0.717, 1.165) is 30.5 Å². The third kappa shape index (κ3) is 2.38. The molecule has 88 valence electrons. The van der Waals surface area contributed by atoms with Crippen LogP contribution in [0.3, 0.4) is 0 Å². The first-order valence-electron chi connectivity index (χ1n) is 5.67. The average molecular weight is 239 g/mol. The summed E-state index contributed by atoms with van der Waals surface area (Å²) in [6.07, 6.45) is 2.74. The van der Waals surface area contributed by atoms with Gasteiger partial charge in [-0.25, -0.2) is 8.42 Å². The van der Waals surface area contributed by atoms with Gasteiger partial charge in [0.25, 0.3) is 0 Å². The third-order valence-corrected chi connectivity index (χ3v) is 4.79. The fraction of sp³-hybridized carbons (Fsp3) is 0.500. The fourth-order valence-electron chi connectivity index (χ4n) is 1.97. The van der Waals surface area contributed by atoms with Gasteiger partial charge in [-0.2, -0.15) is 0 Å². The van der Waals surface area contributed by atoms with Crippen molar-refractivity contribution < 1.29 is 8.42 Å².